The molecule has 5 aromatic heterocycles. The van der Waals surface area contributed by atoms with Crippen LogP contribution in [0.3, 0.4) is 0 Å². The number of nitrogen functional groups attached to an aromatic ring is 1. The number of hydrogen-bond donors (Lipinski definition) is 1. The second kappa shape index (κ2) is 7.00. The maximum atomic E-state index is 13.2. The van der Waals surface area contributed by atoms with Crippen molar-refractivity contribution in [2.75, 3.05) is 5.73 Å². The molecule has 0 aliphatic heterocycles. The first-order chi connectivity index (χ1) is 18.5. The zero-order chi connectivity index (χ0) is 27.5. The average molecular weight is 525 g/mol. The number of anilines is 1. The van der Waals surface area contributed by atoms with Crippen molar-refractivity contribution in [3.8, 4) is 11.6 Å². The van der Waals surface area contributed by atoms with Crippen molar-refractivity contribution < 1.29 is 8.83 Å². The molecule has 7 aromatic rings. The van der Waals surface area contributed by atoms with Gasteiger partial charge in [-0.1, -0.05) is 0 Å². The van der Waals surface area contributed by atoms with Gasteiger partial charge in [0.05, 0.1) is 43.1 Å². The highest BCUT2D eigenvalue weighted by molar-refractivity contribution is 5.98. The summed E-state index contributed by atoms with van der Waals surface area (Å²) in [6.07, 6.45) is 0. The van der Waals surface area contributed by atoms with Gasteiger partial charge in [0.1, 0.15) is 0 Å². The van der Waals surface area contributed by atoms with E-state index in [1.807, 2.05) is 0 Å². The third-order valence-corrected chi connectivity index (χ3v) is 6.47. The van der Waals surface area contributed by atoms with Gasteiger partial charge in [0.25, 0.3) is 22.2 Å². The lowest BCUT2D eigenvalue weighted by Crippen LogP contribution is -2.28. The van der Waals surface area contributed by atoms with Gasteiger partial charge in [-0.05, 0) is 24.3 Å². The Bertz CT molecular complexity index is 2360. The van der Waals surface area contributed by atoms with Crippen molar-refractivity contribution >= 4 is 49.0 Å². The molecule has 0 atom stereocenters. The summed E-state index contributed by atoms with van der Waals surface area (Å²) in [7, 11) is 0. The number of nitrogens with two attached hydrogens (primary N) is 1. The Labute approximate surface area is 208 Å². The van der Waals surface area contributed by atoms with Crippen LogP contribution in [0.15, 0.2) is 77.5 Å². The van der Waals surface area contributed by atoms with Crippen LogP contribution in [0.1, 0.15) is 0 Å². The van der Waals surface area contributed by atoms with Gasteiger partial charge in [-0.3, -0.25) is 19.2 Å². The predicted octanol–water partition coefficient (Wildman–Crippen LogP) is -1.93. The van der Waals surface area contributed by atoms with Crippen molar-refractivity contribution in [2.45, 2.75) is 0 Å². The molecule has 0 radical (unpaired) electrons. The summed E-state index contributed by atoms with van der Waals surface area (Å²) in [4.78, 5) is 108. The van der Waals surface area contributed by atoms with Gasteiger partial charge in [-0.25, -0.2) is 28.3 Å². The summed E-state index contributed by atoms with van der Waals surface area (Å²) in [6.45, 7) is 0. The largest absolute Gasteiger partial charge is 0.386 e. The molecule has 188 valence electrons. The first-order valence-corrected chi connectivity index (χ1v) is 10.9. The Hall–Kier alpha value is -6.12. The average Bonchev–Trinajstić information content (AvgIpc) is 3.51. The zero-order valence-corrected chi connectivity index (χ0v) is 18.8. The molecule has 15 nitrogen and oxygen atoms in total. The normalized spacial score (nSPS) is 12.0. The van der Waals surface area contributed by atoms with E-state index in [9.17, 15) is 38.4 Å². The Morgan fingerprint density at radius 3 is 1.03 bits per heavy atom. The number of furan rings is 2. The van der Waals surface area contributed by atoms with Crippen molar-refractivity contribution in [1.29, 1.82) is 0 Å². The first-order valence-electron chi connectivity index (χ1n) is 10.9. The molecule has 7 rings (SSSR count). The standard InChI is InChI=1S/C24H7N5O10/c25-24-26-14(28-16(30)6-1-10-11(2-7(6)17(28)31)21(35)38-20(10)34)5-15(27-24)29-18(32)8-3-12-13(4-9(8)19(29)33)23(37)39-22(12)36/h1-5H,(H2,25,26,27). The van der Waals surface area contributed by atoms with E-state index in [2.05, 4.69) is 18.8 Å². The molecule has 0 aliphatic rings. The van der Waals surface area contributed by atoms with Crippen LogP contribution in [-0.2, 0) is 0 Å². The van der Waals surface area contributed by atoms with Gasteiger partial charge >= 0.3 is 22.5 Å². The van der Waals surface area contributed by atoms with Crippen LogP contribution in [0, 0.1) is 0 Å². The Kier molecular flexibility index (Phi) is 3.97. The van der Waals surface area contributed by atoms with Crippen LogP contribution in [0.4, 0.5) is 5.95 Å². The second-order valence-electron chi connectivity index (χ2n) is 8.57. The van der Waals surface area contributed by atoms with Crippen LogP contribution in [0.2, 0.25) is 0 Å². The van der Waals surface area contributed by atoms with E-state index in [0.29, 0.717) is 9.13 Å². The Morgan fingerprint density at radius 2 is 0.744 bits per heavy atom. The van der Waals surface area contributed by atoms with E-state index >= 15 is 0 Å². The summed E-state index contributed by atoms with van der Waals surface area (Å²) >= 11 is 0. The van der Waals surface area contributed by atoms with E-state index in [1.54, 1.807) is 0 Å². The molecule has 39 heavy (non-hydrogen) atoms. The minimum Gasteiger partial charge on any atom is -0.386 e. The van der Waals surface area contributed by atoms with Crippen molar-refractivity contribution in [3.63, 3.8) is 0 Å². The quantitative estimate of drug-likeness (QED) is 0.260. The smallest absolute Gasteiger partial charge is 0.346 e. The molecule has 2 N–H and O–H groups in total. The van der Waals surface area contributed by atoms with Crippen LogP contribution < -0.4 is 50.5 Å². The molecule has 0 saturated heterocycles. The van der Waals surface area contributed by atoms with Crippen LogP contribution in [-0.4, -0.2) is 19.1 Å². The molecule has 0 bridgehead atoms. The van der Waals surface area contributed by atoms with Crippen molar-refractivity contribution in [3.05, 3.63) is 113 Å². The van der Waals surface area contributed by atoms with E-state index in [4.69, 9.17) is 5.73 Å². The van der Waals surface area contributed by atoms with E-state index < -0.39 is 62.3 Å². The lowest BCUT2D eigenvalue weighted by atomic mass is 10.1. The maximum absolute atomic E-state index is 13.2. The summed E-state index contributed by atoms with van der Waals surface area (Å²) in [5.41, 5.74) is -1.82. The van der Waals surface area contributed by atoms with Gasteiger partial charge in [0.2, 0.25) is 5.95 Å². The summed E-state index contributed by atoms with van der Waals surface area (Å²) < 4.78 is 10.2. The SMILES string of the molecule is Nc1nc(-n2c(=O)c3cc4c(=O)oc(=O)c4cc3c2=O)cc(-n2c(=O)c3cc4c(=O)oc(=O)c4cc3c2=O)n1. The van der Waals surface area contributed by atoms with Crippen LogP contribution in [0.25, 0.3) is 54.7 Å². The molecular weight excluding hydrogens is 518 g/mol. The first kappa shape index (κ1) is 22.1. The Balaban J connectivity index is 1.52. The van der Waals surface area contributed by atoms with Gasteiger partial charge in [0.15, 0.2) is 11.6 Å². The summed E-state index contributed by atoms with van der Waals surface area (Å²) in [5, 5.41) is -1.61. The zero-order valence-electron chi connectivity index (χ0n) is 18.8. The third kappa shape index (κ3) is 2.74. The van der Waals surface area contributed by atoms with E-state index in [-0.39, 0.29) is 43.1 Å². The minimum atomic E-state index is -0.975. The number of fused-ring (bicyclic) bond motifs is 4. The van der Waals surface area contributed by atoms with Crippen LogP contribution in [0.5, 0.6) is 0 Å². The van der Waals surface area contributed by atoms with Gasteiger partial charge in [-0.2, -0.15) is 9.97 Å². The highest BCUT2D eigenvalue weighted by Gasteiger charge is 2.23. The number of aromatic nitrogens is 4. The highest BCUT2D eigenvalue weighted by Crippen LogP contribution is 2.18. The monoisotopic (exact) mass is 525 g/mol. The molecule has 0 amide bonds. The summed E-state index contributed by atoms with van der Waals surface area (Å²) in [6, 6.07) is 5.21. The molecule has 2 aromatic carbocycles. The van der Waals surface area contributed by atoms with Gasteiger partial charge < -0.3 is 14.6 Å². The molecule has 0 unspecified atom stereocenters. The maximum Gasteiger partial charge on any atom is 0.346 e. The number of benzene rings is 2. The minimum absolute atomic E-state index is 0.190. The highest BCUT2D eigenvalue weighted by atomic mass is 16.4. The van der Waals surface area contributed by atoms with Gasteiger partial charge in [-0.15, -0.1) is 0 Å². The van der Waals surface area contributed by atoms with Gasteiger partial charge in [0, 0.05) is 6.07 Å². The number of rotatable bonds is 2. The molecule has 0 saturated carbocycles. The lowest BCUT2D eigenvalue weighted by Gasteiger charge is -2.05. The van der Waals surface area contributed by atoms with E-state index in [1.165, 1.54) is 0 Å². The molecule has 0 aliphatic carbocycles. The number of hydrogen-bond acceptors (Lipinski definition) is 13. The molecular formula is C24H7N5O10. The second-order valence-corrected chi connectivity index (χ2v) is 8.57. The summed E-state index contributed by atoms with van der Waals surface area (Å²) in [5.74, 6) is -1.33. The molecule has 0 fully saturated rings. The van der Waals surface area contributed by atoms with Crippen LogP contribution >= 0.6 is 0 Å². The fraction of sp³-hybridized carbons (Fsp3) is 0. The van der Waals surface area contributed by atoms with Crippen molar-refractivity contribution in [2.24, 2.45) is 0 Å². The molecule has 15 heteroatoms. The lowest BCUT2D eigenvalue weighted by molar-refractivity contribution is 0.499. The topological polar surface area (TPSA) is 224 Å². The predicted molar refractivity (Wildman–Crippen MR) is 135 cm³/mol. The third-order valence-electron chi connectivity index (χ3n) is 6.47. The van der Waals surface area contributed by atoms with E-state index in [0.717, 1.165) is 30.3 Å². The molecule has 0 spiro atoms. The number of nitrogens with zero attached hydrogens (tertiary/aromatic N) is 4. The fourth-order valence-electron chi connectivity index (χ4n) is 4.72. The fourth-order valence-corrected chi connectivity index (χ4v) is 4.72. The molecule has 5 heterocycles. The van der Waals surface area contributed by atoms with Crippen molar-refractivity contribution in [1.82, 2.24) is 19.1 Å². The Morgan fingerprint density at radius 1 is 0.462 bits per heavy atom.